The lowest BCUT2D eigenvalue weighted by Crippen LogP contribution is -2.13. The maximum Gasteiger partial charge on any atom is 0.263 e. The van der Waals surface area contributed by atoms with Gasteiger partial charge in [0.2, 0.25) is 0 Å². The van der Waals surface area contributed by atoms with Crippen LogP contribution in [0, 0.1) is 18.3 Å². The van der Waals surface area contributed by atoms with Crippen molar-refractivity contribution in [2.75, 3.05) is 17.1 Å². The van der Waals surface area contributed by atoms with Gasteiger partial charge in [-0.15, -0.1) is 11.3 Å². The van der Waals surface area contributed by atoms with Crippen molar-refractivity contribution in [2.45, 2.75) is 11.8 Å². The van der Waals surface area contributed by atoms with Crippen LogP contribution in [0.3, 0.4) is 0 Å². The molecule has 9 nitrogen and oxygen atoms in total. The molecule has 0 unspecified atom stereocenters. The van der Waals surface area contributed by atoms with E-state index >= 15 is 0 Å². The molecule has 4 rings (SSSR count). The summed E-state index contributed by atoms with van der Waals surface area (Å²) in [7, 11) is -2.20. The molecule has 0 aliphatic heterocycles. The highest BCUT2D eigenvalue weighted by Crippen LogP contribution is 2.27. The number of nitrogens with one attached hydrogen (secondary N) is 2. The molecule has 0 saturated heterocycles. The van der Waals surface area contributed by atoms with E-state index in [1.165, 1.54) is 35.7 Å². The number of anilines is 2. The number of allylic oxidation sites excluding steroid dienone is 1. The van der Waals surface area contributed by atoms with Gasteiger partial charge >= 0.3 is 0 Å². The Morgan fingerprint density at radius 3 is 2.53 bits per heavy atom. The largest absolute Gasteiger partial charge is 0.497 e. The zero-order valence-corrected chi connectivity index (χ0v) is 19.8. The van der Waals surface area contributed by atoms with Gasteiger partial charge in [0, 0.05) is 28.9 Å². The van der Waals surface area contributed by atoms with E-state index in [0.29, 0.717) is 22.0 Å². The van der Waals surface area contributed by atoms with Crippen LogP contribution in [0.25, 0.3) is 16.8 Å². The first kappa shape index (κ1) is 23.0. The van der Waals surface area contributed by atoms with Crippen LogP contribution in [0.4, 0.5) is 11.5 Å². The highest BCUT2D eigenvalue weighted by atomic mass is 32.2. The maximum absolute atomic E-state index is 12.5. The lowest BCUT2D eigenvalue weighted by Gasteiger charge is -2.06. The van der Waals surface area contributed by atoms with E-state index in [2.05, 4.69) is 26.2 Å². The number of methoxy groups -OCH3 is 1. The molecule has 0 amide bonds. The molecule has 2 aromatic carbocycles. The fourth-order valence-corrected chi connectivity index (χ4v) is 4.71. The van der Waals surface area contributed by atoms with Crippen molar-refractivity contribution in [3.8, 4) is 23.1 Å². The van der Waals surface area contributed by atoms with Gasteiger partial charge in [0.05, 0.1) is 17.7 Å². The van der Waals surface area contributed by atoms with Crippen LogP contribution < -0.4 is 14.8 Å². The molecule has 0 aliphatic carbocycles. The Hall–Kier alpha value is -4.14. The van der Waals surface area contributed by atoms with Crippen LogP contribution in [0.1, 0.15) is 10.8 Å². The fourth-order valence-electron chi connectivity index (χ4n) is 2.93. The second-order valence-electron chi connectivity index (χ2n) is 7.03. The lowest BCUT2D eigenvalue weighted by molar-refractivity contribution is 0.400. The predicted molar refractivity (Wildman–Crippen MR) is 130 cm³/mol. The van der Waals surface area contributed by atoms with Crippen molar-refractivity contribution in [3.05, 3.63) is 76.9 Å². The molecule has 0 spiro atoms. The summed E-state index contributed by atoms with van der Waals surface area (Å²) < 4.78 is 37.4. The molecule has 2 heterocycles. The van der Waals surface area contributed by atoms with E-state index in [4.69, 9.17) is 9.26 Å². The first-order valence-corrected chi connectivity index (χ1v) is 12.3. The minimum Gasteiger partial charge on any atom is -0.497 e. The molecule has 0 atom stereocenters. The smallest absolute Gasteiger partial charge is 0.263 e. The maximum atomic E-state index is 12.5. The van der Waals surface area contributed by atoms with E-state index in [1.54, 1.807) is 26.2 Å². The number of hydrogen-bond acceptors (Lipinski definition) is 9. The Bertz CT molecular complexity index is 1460. The van der Waals surface area contributed by atoms with E-state index in [-0.39, 0.29) is 10.7 Å². The van der Waals surface area contributed by atoms with Gasteiger partial charge in [-0.05, 0) is 55.5 Å². The van der Waals surface area contributed by atoms with E-state index in [9.17, 15) is 13.7 Å². The topological polar surface area (TPSA) is 130 Å². The molecular weight excluding hydrogens is 474 g/mol. The number of hydrogen-bond donors (Lipinski definition) is 2. The van der Waals surface area contributed by atoms with Gasteiger partial charge in [-0.2, -0.15) is 5.26 Å². The summed E-state index contributed by atoms with van der Waals surface area (Å²) in [5.74, 6) is 1.36. The summed E-state index contributed by atoms with van der Waals surface area (Å²) in [5.41, 5.74) is 2.63. The minimum absolute atomic E-state index is 0.0623. The van der Waals surface area contributed by atoms with E-state index < -0.39 is 10.0 Å². The quantitative estimate of drug-likeness (QED) is 0.332. The number of aromatic nitrogens is 2. The average molecular weight is 494 g/mol. The fraction of sp³-hybridized carbons (Fsp3) is 0.0870. The summed E-state index contributed by atoms with van der Waals surface area (Å²) in [4.78, 5) is 4.62. The first-order valence-electron chi connectivity index (χ1n) is 9.91. The van der Waals surface area contributed by atoms with E-state index in [1.807, 2.05) is 29.6 Å². The molecule has 11 heteroatoms. The average Bonchev–Trinajstić information content (AvgIpc) is 3.49. The zero-order valence-electron chi connectivity index (χ0n) is 18.1. The summed E-state index contributed by atoms with van der Waals surface area (Å²) in [6.07, 6.45) is 1.54. The number of rotatable bonds is 8. The summed E-state index contributed by atoms with van der Waals surface area (Å²) in [5, 5.41) is 18.7. The summed E-state index contributed by atoms with van der Waals surface area (Å²) >= 11 is 1.36. The van der Waals surface area contributed by atoms with Gasteiger partial charge in [-0.3, -0.25) is 4.72 Å². The normalized spacial score (nSPS) is 11.6. The number of benzene rings is 2. The van der Waals surface area contributed by atoms with Gasteiger partial charge in [0.15, 0.2) is 5.82 Å². The number of nitriles is 1. The van der Waals surface area contributed by atoms with Crippen LogP contribution in [0.2, 0.25) is 0 Å². The molecule has 2 N–H and O–H groups in total. The van der Waals surface area contributed by atoms with Crippen LogP contribution in [-0.4, -0.2) is 25.7 Å². The van der Waals surface area contributed by atoms with Crippen molar-refractivity contribution >= 4 is 38.4 Å². The third kappa shape index (κ3) is 5.25. The van der Waals surface area contributed by atoms with Crippen LogP contribution in [0.15, 0.2) is 75.6 Å². The summed E-state index contributed by atoms with van der Waals surface area (Å²) in [6, 6.07) is 17.2. The van der Waals surface area contributed by atoms with Gasteiger partial charge in [-0.25, -0.2) is 13.4 Å². The van der Waals surface area contributed by atoms with Crippen molar-refractivity contribution < 1.29 is 17.7 Å². The minimum atomic E-state index is -3.81. The zero-order chi connectivity index (χ0) is 24.1. The van der Waals surface area contributed by atoms with Crippen molar-refractivity contribution in [3.63, 3.8) is 0 Å². The Balaban J connectivity index is 1.46. The highest BCUT2D eigenvalue weighted by molar-refractivity contribution is 7.92. The molecule has 2 aromatic heterocycles. The Kier molecular flexibility index (Phi) is 6.62. The SMILES string of the molecule is COc1ccc(-c2csc(C(C#N)=CNc3ccc(S(=O)(=O)Nc4cc(C)on4)cc3)n2)cc1. The third-order valence-electron chi connectivity index (χ3n) is 4.66. The molecular formula is C23H19N5O4S2. The molecule has 0 bridgehead atoms. The standard InChI is InChI=1S/C23H19N5O4S2/c1-15-11-22(27-32-15)28-34(29,30)20-9-5-18(6-10-20)25-13-17(12-24)23-26-21(14-33-23)16-3-7-19(31-2)8-4-16/h3-11,13-14,25H,1-2H3,(H,27,28). The molecule has 0 fully saturated rings. The van der Waals surface area contributed by atoms with Crippen molar-refractivity contribution in [2.24, 2.45) is 0 Å². The number of aryl methyl sites for hydroxylation is 1. The lowest BCUT2D eigenvalue weighted by atomic mass is 10.2. The van der Waals surface area contributed by atoms with Crippen molar-refractivity contribution in [1.82, 2.24) is 10.1 Å². The van der Waals surface area contributed by atoms with Gasteiger partial charge < -0.3 is 14.6 Å². The first-order chi connectivity index (χ1) is 16.4. The molecule has 0 radical (unpaired) electrons. The van der Waals surface area contributed by atoms with Crippen LogP contribution in [0.5, 0.6) is 5.75 Å². The Labute approximate surface area is 200 Å². The monoisotopic (exact) mass is 493 g/mol. The van der Waals surface area contributed by atoms with Gasteiger partial charge in [0.1, 0.15) is 28.2 Å². The molecule has 0 aliphatic rings. The van der Waals surface area contributed by atoms with Gasteiger partial charge in [-0.1, -0.05) is 5.16 Å². The van der Waals surface area contributed by atoms with Crippen molar-refractivity contribution in [1.29, 1.82) is 5.26 Å². The second-order valence-corrected chi connectivity index (χ2v) is 9.57. The number of ether oxygens (including phenoxy) is 1. The summed E-state index contributed by atoms with van der Waals surface area (Å²) in [6.45, 7) is 1.67. The predicted octanol–water partition coefficient (Wildman–Crippen LogP) is 4.89. The van der Waals surface area contributed by atoms with Gasteiger partial charge in [0.25, 0.3) is 10.0 Å². The van der Waals surface area contributed by atoms with Crippen LogP contribution in [-0.2, 0) is 10.0 Å². The second kappa shape index (κ2) is 9.78. The number of sulfonamides is 1. The Morgan fingerprint density at radius 1 is 1.18 bits per heavy atom. The Morgan fingerprint density at radius 2 is 1.91 bits per heavy atom. The highest BCUT2D eigenvalue weighted by Gasteiger charge is 2.16. The molecule has 172 valence electrons. The van der Waals surface area contributed by atoms with Crippen LogP contribution >= 0.6 is 11.3 Å². The molecule has 4 aromatic rings. The third-order valence-corrected chi connectivity index (χ3v) is 6.90. The molecule has 0 saturated carbocycles. The number of thiazole rings is 1. The molecule has 34 heavy (non-hydrogen) atoms. The number of nitrogens with zero attached hydrogens (tertiary/aromatic N) is 3. The van der Waals surface area contributed by atoms with E-state index in [0.717, 1.165) is 17.0 Å².